The molecule has 0 bridgehead atoms. The lowest BCUT2D eigenvalue weighted by Crippen LogP contribution is -2.27. The molecule has 2 aromatic heterocycles. The Bertz CT molecular complexity index is 669. The van der Waals surface area contributed by atoms with Gasteiger partial charge in [-0.05, 0) is 34.9 Å². The number of aromatic nitrogens is 1. The van der Waals surface area contributed by atoms with Gasteiger partial charge < -0.3 is 5.32 Å². The van der Waals surface area contributed by atoms with Crippen LogP contribution in [0.3, 0.4) is 0 Å². The maximum absolute atomic E-state index is 12.7. The third-order valence-electron chi connectivity index (χ3n) is 3.02. The minimum absolute atomic E-state index is 0.219. The number of thiophene rings is 1. The quantitative estimate of drug-likeness (QED) is 0.850. The molecular formula is C14H19N3O2S2. The lowest BCUT2D eigenvalue weighted by Gasteiger charge is -2.19. The first-order valence-electron chi connectivity index (χ1n) is 6.71. The second-order valence-corrected chi connectivity index (χ2v) is 7.48. The van der Waals surface area contributed by atoms with Crippen LogP contribution in [0.25, 0.3) is 0 Å². The van der Waals surface area contributed by atoms with E-state index in [9.17, 15) is 8.42 Å². The van der Waals surface area contributed by atoms with Crippen molar-refractivity contribution in [3.63, 3.8) is 0 Å². The van der Waals surface area contributed by atoms with E-state index in [0.29, 0.717) is 12.2 Å². The van der Waals surface area contributed by atoms with Crippen LogP contribution in [0.15, 0.2) is 40.2 Å². The predicted octanol–water partition coefficient (Wildman–Crippen LogP) is 2.79. The van der Waals surface area contributed by atoms with Gasteiger partial charge in [0.05, 0.1) is 5.69 Å². The predicted molar refractivity (Wildman–Crippen MR) is 86.0 cm³/mol. The Kier molecular flexibility index (Phi) is 5.33. The van der Waals surface area contributed by atoms with Crippen LogP contribution in [0.4, 0.5) is 5.69 Å². The van der Waals surface area contributed by atoms with Crippen molar-refractivity contribution < 1.29 is 8.42 Å². The van der Waals surface area contributed by atoms with Gasteiger partial charge in [-0.15, -0.1) is 0 Å². The maximum atomic E-state index is 12.7. The zero-order valence-electron chi connectivity index (χ0n) is 12.1. The Morgan fingerprint density at radius 1 is 1.38 bits per heavy atom. The highest BCUT2D eigenvalue weighted by Crippen LogP contribution is 2.24. The summed E-state index contributed by atoms with van der Waals surface area (Å²) in [5.74, 6) is 0. The first-order chi connectivity index (χ1) is 10.1. The number of nitrogens with zero attached hydrogens (tertiary/aromatic N) is 2. The average Bonchev–Trinajstić information content (AvgIpc) is 2.98. The Hall–Kier alpha value is -1.44. The summed E-state index contributed by atoms with van der Waals surface area (Å²) < 4.78 is 26.7. The van der Waals surface area contributed by atoms with E-state index in [1.807, 2.05) is 23.8 Å². The summed E-state index contributed by atoms with van der Waals surface area (Å²) in [6.07, 6.45) is 3.92. The molecule has 2 rings (SSSR count). The molecule has 0 aromatic carbocycles. The molecule has 0 aliphatic heterocycles. The second kappa shape index (κ2) is 7.02. The molecule has 0 unspecified atom stereocenters. The van der Waals surface area contributed by atoms with E-state index >= 15 is 0 Å². The van der Waals surface area contributed by atoms with Gasteiger partial charge in [0.15, 0.2) is 0 Å². The first kappa shape index (κ1) is 15.9. The second-order valence-electron chi connectivity index (χ2n) is 4.69. The molecule has 114 valence electrons. The van der Waals surface area contributed by atoms with Crippen LogP contribution in [0, 0.1) is 0 Å². The third-order valence-corrected chi connectivity index (χ3v) is 5.59. The molecule has 1 N–H and O–H groups in total. The molecule has 0 radical (unpaired) electrons. The van der Waals surface area contributed by atoms with Crippen molar-refractivity contribution in [1.82, 2.24) is 9.29 Å². The van der Waals surface area contributed by atoms with Gasteiger partial charge in [-0.1, -0.05) is 6.92 Å². The maximum Gasteiger partial charge on any atom is 0.246 e. The molecular weight excluding hydrogens is 306 g/mol. The highest BCUT2D eigenvalue weighted by molar-refractivity contribution is 7.89. The fraction of sp³-hybridized carbons (Fsp3) is 0.357. The summed E-state index contributed by atoms with van der Waals surface area (Å²) in [7, 11) is -1.98. The monoisotopic (exact) mass is 325 g/mol. The van der Waals surface area contributed by atoms with Gasteiger partial charge in [0.2, 0.25) is 10.0 Å². The molecule has 0 amide bonds. The van der Waals surface area contributed by atoms with Gasteiger partial charge in [-0.3, -0.25) is 4.98 Å². The number of sulfonamides is 1. The minimum Gasteiger partial charge on any atom is -0.384 e. The zero-order chi connectivity index (χ0) is 15.3. The highest BCUT2D eigenvalue weighted by Gasteiger charge is 2.24. The summed E-state index contributed by atoms with van der Waals surface area (Å²) >= 11 is 1.56. The molecule has 21 heavy (non-hydrogen) atoms. The molecule has 0 saturated heterocycles. The van der Waals surface area contributed by atoms with Crippen molar-refractivity contribution in [2.24, 2.45) is 0 Å². The van der Waals surface area contributed by atoms with Gasteiger partial charge in [0, 0.05) is 32.5 Å². The highest BCUT2D eigenvalue weighted by atomic mass is 32.2. The van der Waals surface area contributed by atoms with Gasteiger partial charge in [-0.25, -0.2) is 8.42 Å². The minimum atomic E-state index is -3.56. The Balaban J connectivity index is 2.26. The van der Waals surface area contributed by atoms with Crippen molar-refractivity contribution in [2.45, 2.75) is 24.8 Å². The number of nitrogens with one attached hydrogen (secondary N) is 1. The van der Waals surface area contributed by atoms with Crippen LogP contribution in [0.1, 0.15) is 18.9 Å². The number of rotatable bonds is 7. The first-order valence-corrected chi connectivity index (χ1v) is 9.09. The van der Waals surface area contributed by atoms with E-state index in [1.165, 1.54) is 10.5 Å². The van der Waals surface area contributed by atoms with E-state index in [1.54, 1.807) is 30.6 Å². The number of anilines is 1. The molecule has 0 aliphatic rings. The van der Waals surface area contributed by atoms with Crippen molar-refractivity contribution in [3.05, 3.63) is 40.8 Å². The normalized spacial score (nSPS) is 11.8. The van der Waals surface area contributed by atoms with Crippen LogP contribution in [0.2, 0.25) is 0 Å². The van der Waals surface area contributed by atoms with Crippen LogP contribution in [-0.4, -0.2) is 31.3 Å². The Morgan fingerprint density at radius 2 is 2.19 bits per heavy atom. The molecule has 0 saturated carbocycles. The largest absolute Gasteiger partial charge is 0.384 e. The van der Waals surface area contributed by atoms with Crippen molar-refractivity contribution in [2.75, 3.05) is 18.9 Å². The SMILES string of the molecule is CCCNc1ccncc1S(=O)(=O)N(C)Cc1ccsc1. The van der Waals surface area contributed by atoms with Gasteiger partial charge in [0.1, 0.15) is 4.90 Å². The molecule has 2 heterocycles. The summed E-state index contributed by atoms with van der Waals surface area (Å²) in [4.78, 5) is 4.17. The standard InChI is InChI=1S/C14H19N3O2S2/c1-3-6-16-13-4-7-15-9-14(13)21(18,19)17(2)10-12-5-8-20-11-12/h4-5,7-9,11H,3,6,10H2,1-2H3,(H,15,16). The van der Waals surface area contributed by atoms with Crippen LogP contribution < -0.4 is 5.32 Å². The smallest absolute Gasteiger partial charge is 0.246 e. The number of hydrogen-bond donors (Lipinski definition) is 1. The molecule has 0 aliphatic carbocycles. The summed E-state index contributed by atoms with van der Waals surface area (Å²) in [6, 6.07) is 3.62. The summed E-state index contributed by atoms with van der Waals surface area (Å²) in [5.41, 5.74) is 1.59. The molecule has 0 spiro atoms. The van der Waals surface area contributed by atoms with E-state index in [4.69, 9.17) is 0 Å². The fourth-order valence-electron chi connectivity index (χ4n) is 1.88. The van der Waals surface area contributed by atoms with E-state index in [-0.39, 0.29) is 4.90 Å². The fourth-order valence-corrected chi connectivity index (χ4v) is 3.81. The van der Waals surface area contributed by atoms with E-state index in [0.717, 1.165) is 18.5 Å². The molecule has 0 fully saturated rings. The summed E-state index contributed by atoms with van der Waals surface area (Å²) in [5, 5.41) is 7.03. The molecule has 0 atom stereocenters. The van der Waals surface area contributed by atoms with Crippen LogP contribution in [-0.2, 0) is 16.6 Å². The van der Waals surface area contributed by atoms with Crippen molar-refractivity contribution in [1.29, 1.82) is 0 Å². The third kappa shape index (κ3) is 3.81. The lowest BCUT2D eigenvalue weighted by molar-refractivity contribution is 0.467. The van der Waals surface area contributed by atoms with Gasteiger partial charge in [0.25, 0.3) is 0 Å². The van der Waals surface area contributed by atoms with E-state index < -0.39 is 10.0 Å². The zero-order valence-corrected chi connectivity index (χ0v) is 13.7. The number of hydrogen-bond acceptors (Lipinski definition) is 5. The van der Waals surface area contributed by atoms with Crippen molar-refractivity contribution in [3.8, 4) is 0 Å². The Morgan fingerprint density at radius 3 is 2.86 bits per heavy atom. The van der Waals surface area contributed by atoms with Crippen LogP contribution in [0.5, 0.6) is 0 Å². The molecule has 5 nitrogen and oxygen atoms in total. The van der Waals surface area contributed by atoms with Gasteiger partial charge in [-0.2, -0.15) is 15.6 Å². The number of pyridine rings is 1. The molecule has 2 aromatic rings. The van der Waals surface area contributed by atoms with E-state index in [2.05, 4.69) is 10.3 Å². The summed E-state index contributed by atoms with van der Waals surface area (Å²) in [6.45, 7) is 3.11. The topological polar surface area (TPSA) is 62.3 Å². The average molecular weight is 325 g/mol. The lowest BCUT2D eigenvalue weighted by atomic mass is 10.3. The van der Waals surface area contributed by atoms with Crippen molar-refractivity contribution >= 4 is 27.0 Å². The molecule has 7 heteroatoms. The van der Waals surface area contributed by atoms with Crippen LogP contribution >= 0.6 is 11.3 Å². The Labute approximate surface area is 129 Å². The van der Waals surface area contributed by atoms with Gasteiger partial charge >= 0.3 is 0 Å².